The molecular formula is C19H24N2O4S2. The molecule has 2 aromatic carbocycles. The predicted octanol–water partition coefficient (Wildman–Crippen LogP) is 3.23. The third-order valence-corrected chi connectivity index (χ3v) is 7.28. The van der Waals surface area contributed by atoms with Crippen LogP contribution in [0.4, 0.5) is 5.69 Å². The summed E-state index contributed by atoms with van der Waals surface area (Å²) < 4.78 is 54.5. The van der Waals surface area contributed by atoms with Gasteiger partial charge in [0.2, 0.25) is 10.0 Å². The van der Waals surface area contributed by atoms with Crippen LogP contribution in [-0.4, -0.2) is 22.9 Å². The minimum atomic E-state index is -3.75. The van der Waals surface area contributed by atoms with Crippen LogP contribution >= 0.6 is 0 Å². The molecule has 0 unspecified atom stereocenters. The predicted molar refractivity (Wildman–Crippen MR) is 106 cm³/mol. The summed E-state index contributed by atoms with van der Waals surface area (Å²) in [7, 11) is -7.30. The number of sulfonamides is 2. The second-order valence-corrected chi connectivity index (χ2v) is 11.2. The van der Waals surface area contributed by atoms with Crippen LogP contribution in [0.25, 0.3) is 0 Å². The molecule has 0 aromatic heterocycles. The molecule has 2 aromatic rings. The van der Waals surface area contributed by atoms with Crippen molar-refractivity contribution in [2.45, 2.75) is 54.9 Å². The van der Waals surface area contributed by atoms with Gasteiger partial charge in [-0.3, -0.25) is 4.72 Å². The van der Waals surface area contributed by atoms with E-state index >= 15 is 0 Å². The van der Waals surface area contributed by atoms with Gasteiger partial charge in [0.15, 0.2) is 0 Å². The molecule has 0 aliphatic heterocycles. The van der Waals surface area contributed by atoms with E-state index in [9.17, 15) is 16.8 Å². The first-order valence-electron chi connectivity index (χ1n) is 8.73. The smallest absolute Gasteiger partial charge is 0.261 e. The summed E-state index contributed by atoms with van der Waals surface area (Å²) in [5.41, 5.74) is 1.28. The first kappa shape index (κ1) is 19.9. The maximum absolute atomic E-state index is 12.6. The van der Waals surface area contributed by atoms with Crippen molar-refractivity contribution in [3.63, 3.8) is 0 Å². The second-order valence-electron chi connectivity index (χ2n) is 7.80. The van der Waals surface area contributed by atoms with Crippen LogP contribution in [0.3, 0.4) is 0 Å². The van der Waals surface area contributed by atoms with Crippen LogP contribution < -0.4 is 9.44 Å². The van der Waals surface area contributed by atoms with Crippen LogP contribution in [0.1, 0.15) is 39.2 Å². The molecular weight excluding hydrogens is 384 g/mol. The van der Waals surface area contributed by atoms with Crippen LogP contribution in [0.2, 0.25) is 0 Å². The third-order valence-electron chi connectivity index (χ3n) is 4.35. The van der Waals surface area contributed by atoms with Gasteiger partial charge in [0.25, 0.3) is 10.0 Å². The Morgan fingerprint density at radius 3 is 1.74 bits per heavy atom. The first-order valence-corrected chi connectivity index (χ1v) is 11.7. The molecule has 0 spiro atoms. The van der Waals surface area contributed by atoms with Crippen LogP contribution in [0.5, 0.6) is 0 Å². The second kappa shape index (κ2) is 6.92. The number of anilines is 1. The van der Waals surface area contributed by atoms with Gasteiger partial charge in [0, 0.05) is 11.7 Å². The van der Waals surface area contributed by atoms with Crippen LogP contribution in [0, 0.1) is 0 Å². The van der Waals surface area contributed by atoms with Crippen LogP contribution in [0.15, 0.2) is 58.3 Å². The zero-order valence-electron chi connectivity index (χ0n) is 15.6. The SMILES string of the molecule is CC(C)(C)c1ccc(S(=O)(=O)Nc2ccc(S(=O)(=O)NC3CC3)cc2)cc1. The van der Waals surface area contributed by atoms with Gasteiger partial charge in [-0.25, -0.2) is 21.6 Å². The van der Waals surface area contributed by atoms with Crippen molar-refractivity contribution in [3.05, 3.63) is 54.1 Å². The first-order chi connectivity index (χ1) is 12.5. The zero-order valence-corrected chi connectivity index (χ0v) is 17.2. The highest BCUT2D eigenvalue weighted by Crippen LogP contribution is 2.25. The van der Waals surface area contributed by atoms with Crippen molar-refractivity contribution in [1.82, 2.24) is 4.72 Å². The highest BCUT2D eigenvalue weighted by Gasteiger charge is 2.28. The monoisotopic (exact) mass is 408 g/mol. The van der Waals surface area contributed by atoms with E-state index in [0.29, 0.717) is 5.69 Å². The molecule has 6 nitrogen and oxygen atoms in total. The van der Waals surface area contributed by atoms with Gasteiger partial charge in [-0.05, 0) is 60.2 Å². The fourth-order valence-corrected chi connectivity index (χ4v) is 4.90. The standard InChI is InChI=1S/C19H24N2O4S2/c1-19(2,3)14-4-10-17(11-5-14)26(22,23)21-16-8-12-18(13-9-16)27(24,25)20-15-6-7-15/h4-5,8-13,15,20-21H,6-7H2,1-3H3. The Balaban J connectivity index is 1.75. The summed E-state index contributed by atoms with van der Waals surface area (Å²) in [5, 5.41) is 0. The van der Waals surface area contributed by atoms with E-state index in [1.165, 1.54) is 24.3 Å². The molecule has 0 radical (unpaired) electrons. The number of rotatable bonds is 6. The molecule has 0 bridgehead atoms. The average molecular weight is 409 g/mol. The Bertz CT molecular complexity index is 1020. The lowest BCUT2D eigenvalue weighted by Crippen LogP contribution is -2.25. The Morgan fingerprint density at radius 2 is 1.26 bits per heavy atom. The van der Waals surface area contributed by atoms with Crippen molar-refractivity contribution in [2.24, 2.45) is 0 Å². The molecule has 2 N–H and O–H groups in total. The Hall–Kier alpha value is -1.90. The Labute approximate surface area is 161 Å². The average Bonchev–Trinajstić information content (AvgIpc) is 3.37. The van der Waals surface area contributed by atoms with E-state index in [-0.39, 0.29) is 21.2 Å². The summed E-state index contributed by atoms with van der Waals surface area (Å²) in [6.45, 7) is 6.17. The molecule has 1 aliphatic rings. The van der Waals surface area contributed by atoms with Gasteiger partial charge in [-0.1, -0.05) is 32.9 Å². The quantitative estimate of drug-likeness (QED) is 0.768. The Morgan fingerprint density at radius 1 is 0.778 bits per heavy atom. The molecule has 27 heavy (non-hydrogen) atoms. The van der Waals surface area contributed by atoms with E-state index in [0.717, 1.165) is 18.4 Å². The Kier molecular flexibility index (Phi) is 5.09. The molecule has 1 saturated carbocycles. The maximum atomic E-state index is 12.6. The molecule has 146 valence electrons. The zero-order chi connectivity index (χ0) is 19.9. The number of nitrogens with one attached hydrogen (secondary N) is 2. The van der Waals surface area contributed by atoms with E-state index in [2.05, 4.69) is 30.2 Å². The van der Waals surface area contributed by atoms with Gasteiger partial charge in [0.05, 0.1) is 9.79 Å². The normalized spacial score (nSPS) is 15.5. The van der Waals surface area contributed by atoms with E-state index < -0.39 is 20.0 Å². The lowest BCUT2D eigenvalue weighted by molar-refractivity contribution is 0.581. The third kappa shape index (κ3) is 4.88. The number of hydrogen-bond acceptors (Lipinski definition) is 4. The van der Waals surface area contributed by atoms with E-state index in [1.54, 1.807) is 24.3 Å². The fourth-order valence-electron chi connectivity index (χ4n) is 2.54. The molecule has 1 fully saturated rings. The van der Waals surface area contributed by atoms with Crippen molar-refractivity contribution in [3.8, 4) is 0 Å². The van der Waals surface area contributed by atoms with Crippen LogP contribution in [-0.2, 0) is 25.5 Å². The molecule has 0 heterocycles. The summed E-state index contributed by atoms with van der Waals surface area (Å²) in [6, 6.07) is 12.4. The van der Waals surface area contributed by atoms with Gasteiger partial charge in [-0.15, -0.1) is 0 Å². The highest BCUT2D eigenvalue weighted by atomic mass is 32.2. The molecule has 0 atom stereocenters. The van der Waals surface area contributed by atoms with Crippen molar-refractivity contribution in [2.75, 3.05) is 4.72 Å². The molecule has 3 rings (SSSR count). The molecule has 0 amide bonds. The minimum absolute atomic E-state index is 0.0178. The van der Waals surface area contributed by atoms with Crippen molar-refractivity contribution >= 4 is 25.7 Å². The summed E-state index contributed by atoms with van der Waals surface area (Å²) >= 11 is 0. The van der Waals surface area contributed by atoms with Gasteiger partial charge < -0.3 is 0 Å². The molecule has 0 saturated heterocycles. The number of benzene rings is 2. The largest absolute Gasteiger partial charge is 0.280 e. The van der Waals surface area contributed by atoms with E-state index in [4.69, 9.17) is 0 Å². The van der Waals surface area contributed by atoms with Gasteiger partial charge in [-0.2, -0.15) is 0 Å². The van der Waals surface area contributed by atoms with Gasteiger partial charge in [0.1, 0.15) is 0 Å². The molecule has 8 heteroatoms. The molecule has 1 aliphatic carbocycles. The van der Waals surface area contributed by atoms with Crippen molar-refractivity contribution < 1.29 is 16.8 Å². The number of hydrogen-bond donors (Lipinski definition) is 2. The van der Waals surface area contributed by atoms with E-state index in [1.807, 2.05) is 0 Å². The lowest BCUT2D eigenvalue weighted by Gasteiger charge is -2.19. The van der Waals surface area contributed by atoms with Gasteiger partial charge >= 0.3 is 0 Å². The fraction of sp³-hybridized carbons (Fsp3) is 0.368. The maximum Gasteiger partial charge on any atom is 0.261 e. The topological polar surface area (TPSA) is 92.3 Å². The van der Waals surface area contributed by atoms with Crippen molar-refractivity contribution in [1.29, 1.82) is 0 Å². The summed E-state index contributed by atoms with van der Waals surface area (Å²) in [6.07, 6.45) is 1.70. The lowest BCUT2D eigenvalue weighted by atomic mass is 9.87. The highest BCUT2D eigenvalue weighted by molar-refractivity contribution is 7.92. The minimum Gasteiger partial charge on any atom is -0.280 e. The summed E-state index contributed by atoms with van der Waals surface area (Å²) in [4.78, 5) is 0.273. The summed E-state index contributed by atoms with van der Waals surface area (Å²) in [5.74, 6) is 0.